The highest BCUT2D eigenvalue weighted by Gasteiger charge is 2.05. The number of hydrogen-bond acceptors (Lipinski definition) is 1. The number of nitrogens with zero attached hydrogens (tertiary/aromatic N) is 1. The first-order valence-electron chi connectivity index (χ1n) is 8.90. The monoisotopic (exact) mass is 335 g/mol. The molecule has 3 aromatic carbocycles. The van der Waals surface area contributed by atoms with Crippen molar-refractivity contribution in [1.82, 2.24) is 4.98 Å². The quantitative estimate of drug-likeness (QED) is 0.406. The maximum atomic E-state index is 4.58. The first kappa shape index (κ1) is 16.3. The lowest BCUT2D eigenvalue weighted by Gasteiger charge is -2.08. The highest BCUT2D eigenvalue weighted by molar-refractivity contribution is 5.73. The zero-order valence-corrected chi connectivity index (χ0v) is 15.1. The Morgan fingerprint density at radius 1 is 0.500 bits per heavy atom. The van der Waals surface area contributed by atoms with Crippen molar-refractivity contribution in [2.24, 2.45) is 0 Å². The van der Waals surface area contributed by atoms with Crippen molar-refractivity contribution < 1.29 is 0 Å². The SMILES string of the molecule is Cc1cc(C)cc(-c2cc(-c3ccc(-c4ccccc4)cc3)ccn2)c1. The summed E-state index contributed by atoms with van der Waals surface area (Å²) in [6, 6.07) is 30.0. The second kappa shape index (κ2) is 6.97. The lowest BCUT2D eigenvalue weighted by Crippen LogP contribution is -1.88. The number of aromatic nitrogens is 1. The standard InChI is InChI=1S/C25H21N/c1-18-14-19(2)16-24(15-18)25-17-23(12-13-26-25)22-10-8-21(9-11-22)20-6-4-3-5-7-20/h3-17H,1-2H3. The molecule has 0 N–H and O–H groups in total. The molecule has 0 saturated heterocycles. The summed E-state index contributed by atoms with van der Waals surface area (Å²) >= 11 is 0. The largest absolute Gasteiger partial charge is 0.256 e. The second-order valence-corrected chi connectivity index (χ2v) is 6.75. The molecule has 0 saturated carbocycles. The van der Waals surface area contributed by atoms with E-state index in [2.05, 4.69) is 97.7 Å². The van der Waals surface area contributed by atoms with Gasteiger partial charge < -0.3 is 0 Å². The molecule has 0 fully saturated rings. The van der Waals surface area contributed by atoms with Crippen LogP contribution in [0.4, 0.5) is 0 Å². The fourth-order valence-corrected chi connectivity index (χ4v) is 3.38. The number of hydrogen-bond donors (Lipinski definition) is 0. The highest BCUT2D eigenvalue weighted by Crippen LogP contribution is 2.28. The fraction of sp³-hybridized carbons (Fsp3) is 0.0800. The van der Waals surface area contributed by atoms with Crippen LogP contribution in [0.3, 0.4) is 0 Å². The van der Waals surface area contributed by atoms with E-state index in [9.17, 15) is 0 Å². The van der Waals surface area contributed by atoms with Crippen molar-refractivity contribution >= 4 is 0 Å². The van der Waals surface area contributed by atoms with Crippen molar-refractivity contribution in [2.75, 3.05) is 0 Å². The summed E-state index contributed by atoms with van der Waals surface area (Å²) in [5.74, 6) is 0. The topological polar surface area (TPSA) is 12.9 Å². The second-order valence-electron chi connectivity index (χ2n) is 6.75. The summed E-state index contributed by atoms with van der Waals surface area (Å²) in [4.78, 5) is 4.58. The first-order chi connectivity index (χ1) is 12.7. The number of benzene rings is 3. The number of rotatable bonds is 3. The van der Waals surface area contributed by atoms with Crippen LogP contribution >= 0.6 is 0 Å². The molecular weight excluding hydrogens is 314 g/mol. The average Bonchev–Trinajstić information content (AvgIpc) is 2.68. The Morgan fingerprint density at radius 3 is 1.73 bits per heavy atom. The molecule has 1 nitrogen and oxygen atoms in total. The molecular formula is C25H21N. The molecule has 0 aliphatic carbocycles. The molecule has 0 amide bonds. The van der Waals surface area contributed by atoms with Crippen LogP contribution < -0.4 is 0 Å². The first-order valence-corrected chi connectivity index (χ1v) is 8.90. The van der Waals surface area contributed by atoms with E-state index in [1.165, 1.54) is 38.9 Å². The third kappa shape index (κ3) is 3.43. The van der Waals surface area contributed by atoms with Crippen LogP contribution in [-0.2, 0) is 0 Å². The van der Waals surface area contributed by atoms with E-state index in [4.69, 9.17) is 0 Å². The van der Waals surface area contributed by atoms with Crippen LogP contribution in [0.25, 0.3) is 33.5 Å². The van der Waals surface area contributed by atoms with Crippen molar-refractivity contribution in [3.63, 3.8) is 0 Å². The molecule has 1 aromatic heterocycles. The van der Waals surface area contributed by atoms with Crippen molar-refractivity contribution in [3.05, 3.63) is 102 Å². The Kier molecular flexibility index (Phi) is 4.37. The molecule has 1 heterocycles. The van der Waals surface area contributed by atoms with Gasteiger partial charge in [0, 0.05) is 11.8 Å². The summed E-state index contributed by atoms with van der Waals surface area (Å²) < 4.78 is 0. The molecule has 0 atom stereocenters. The lowest BCUT2D eigenvalue weighted by atomic mass is 9.99. The van der Waals surface area contributed by atoms with Gasteiger partial charge in [-0.05, 0) is 60.4 Å². The molecule has 4 rings (SSSR count). The highest BCUT2D eigenvalue weighted by atomic mass is 14.7. The molecule has 0 unspecified atom stereocenters. The van der Waals surface area contributed by atoms with Gasteiger partial charge in [0.05, 0.1) is 5.69 Å². The van der Waals surface area contributed by atoms with Gasteiger partial charge >= 0.3 is 0 Å². The van der Waals surface area contributed by atoms with Crippen molar-refractivity contribution in [3.8, 4) is 33.5 Å². The van der Waals surface area contributed by atoms with Gasteiger partial charge in [0.25, 0.3) is 0 Å². The van der Waals surface area contributed by atoms with Gasteiger partial charge in [-0.2, -0.15) is 0 Å². The Bertz CT molecular complexity index is 1010. The summed E-state index contributed by atoms with van der Waals surface area (Å²) in [7, 11) is 0. The van der Waals surface area contributed by atoms with Gasteiger partial charge in [-0.25, -0.2) is 0 Å². The maximum absolute atomic E-state index is 4.58. The number of pyridine rings is 1. The molecule has 126 valence electrons. The fourth-order valence-electron chi connectivity index (χ4n) is 3.38. The summed E-state index contributed by atoms with van der Waals surface area (Å²) in [5, 5.41) is 0. The van der Waals surface area contributed by atoms with Crippen molar-refractivity contribution in [2.45, 2.75) is 13.8 Å². The molecule has 4 aromatic rings. The van der Waals surface area contributed by atoms with E-state index >= 15 is 0 Å². The minimum absolute atomic E-state index is 1.02. The third-order valence-corrected chi connectivity index (χ3v) is 4.60. The number of aryl methyl sites for hydroxylation is 2. The molecule has 0 aliphatic heterocycles. The Morgan fingerprint density at radius 2 is 1.08 bits per heavy atom. The zero-order chi connectivity index (χ0) is 17.9. The van der Waals surface area contributed by atoms with Gasteiger partial charge in [0.2, 0.25) is 0 Å². The van der Waals surface area contributed by atoms with E-state index in [0.717, 1.165) is 5.69 Å². The molecule has 0 radical (unpaired) electrons. The minimum atomic E-state index is 1.02. The Labute approximate surface area is 155 Å². The van der Waals surface area contributed by atoms with Crippen LogP contribution in [0, 0.1) is 13.8 Å². The van der Waals surface area contributed by atoms with Gasteiger partial charge in [-0.15, -0.1) is 0 Å². The molecule has 0 aliphatic rings. The Hall–Kier alpha value is -3.19. The minimum Gasteiger partial charge on any atom is -0.256 e. The zero-order valence-electron chi connectivity index (χ0n) is 15.1. The summed E-state index contributed by atoms with van der Waals surface area (Å²) in [6.45, 7) is 4.26. The predicted octanol–water partition coefficient (Wildman–Crippen LogP) is 6.70. The van der Waals surface area contributed by atoms with E-state index < -0.39 is 0 Å². The predicted molar refractivity (Wildman–Crippen MR) is 110 cm³/mol. The van der Waals surface area contributed by atoms with Crippen LogP contribution in [0.5, 0.6) is 0 Å². The van der Waals surface area contributed by atoms with E-state index in [1.807, 2.05) is 12.3 Å². The maximum Gasteiger partial charge on any atom is 0.0708 e. The van der Waals surface area contributed by atoms with Crippen molar-refractivity contribution in [1.29, 1.82) is 0 Å². The van der Waals surface area contributed by atoms with E-state index in [1.54, 1.807) is 0 Å². The normalized spacial score (nSPS) is 10.7. The van der Waals surface area contributed by atoms with Gasteiger partial charge in [0.1, 0.15) is 0 Å². The van der Waals surface area contributed by atoms with Crippen LogP contribution in [0.2, 0.25) is 0 Å². The summed E-state index contributed by atoms with van der Waals surface area (Å²) in [5.41, 5.74) is 9.58. The average molecular weight is 335 g/mol. The molecule has 1 heteroatoms. The lowest BCUT2D eigenvalue weighted by molar-refractivity contribution is 1.30. The van der Waals surface area contributed by atoms with E-state index in [0.29, 0.717) is 0 Å². The van der Waals surface area contributed by atoms with E-state index in [-0.39, 0.29) is 0 Å². The molecule has 0 spiro atoms. The smallest absolute Gasteiger partial charge is 0.0708 e. The van der Waals surface area contributed by atoms with Crippen LogP contribution in [0.1, 0.15) is 11.1 Å². The van der Waals surface area contributed by atoms with Gasteiger partial charge in [0.15, 0.2) is 0 Å². The molecule has 0 bridgehead atoms. The molecule has 26 heavy (non-hydrogen) atoms. The Balaban J connectivity index is 1.68. The van der Waals surface area contributed by atoms with Crippen LogP contribution in [0.15, 0.2) is 91.1 Å². The van der Waals surface area contributed by atoms with Gasteiger partial charge in [-0.1, -0.05) is 71.8 Å². The van der Waals surface area contributed by atoms with Crippen LogP contribution in [-0.4, -0.2) is 4.98 Å². The third-order valence-electron chi connectivity index (χ3n) is 4.60. The summed E-state index contributed by atoms with van der Waals surface area (Å²) in [6.07, 6.45) is 1.90. The van der Waals surface area contributed by atoms with Gasteiger partial charge in [-0.3, -0.25) is 4.98 Å².